The topological polar surface area (TPSA) is 60.2 Å². The third-order valence-corrected chi connectivity index (χ3v) is 8.16. The largest absolute Gasteiger partial charge is 0.490 e. The predicted molar refractivity (Wildman–Crippen MR) is 149 cm³/mol. The summed E-state index contributed by atoms with van der Waals surface area (Å²) in [7, 11) is 0. The molecule has 0 aliphatic heterocycles. The highest BCUT2D eigenvalue weighted by Gasteiger charge is 2.35. The van der Waals surface area contributed by atoms with Gasteiger partial charge in [-0.05, 0) is 52.9 Å². The fourth-order valence-corrected chi connectivity index (χ4v) is 5.24. The van der Waals surface area contributed by atoms with E-state index in [0.717, 1.165) is 28.8 Å². The molecule has 0 spiro atoms. The van der Waals surface area contributed by atoms with Crippen molar-refractivity contribution in [3.05, 3.63) is 118 Å². The van der Waals surface area contributed by atoms with E-state index < -0.39 is 17.2 Å². The molecule has 0 amide bonds. The van der Waals surface area contributed by atoms with E-state index in [4.69, 9.17) is 27.9 Å². The van der Waals surface area contributed by atoms with E-state index in [1.807, 2.05) is 25.1 Å². The van der Waals surface area contributed by atoms with Gasteiger partial charge in [-0.1, -0.05) is 76.9 Å². The van der Waals surface area contributed by atoms with Crippen LogP contribution in [0.5, 0.6) is 5.75 Å². The summed E-state index contributed by atoms with van der Waals surface area (Å²) in [4.78, 5) is 3.75. The Labute approximate surface area is 237 Å². The van der Waals surface area contributed by atoms with Crippen LogP contribution in [-0.2, 0) is 12.1 Å². The van der Waals surface area contributed by atoms with Crippen molar-refractivity contribution in [2.24, 2.45) is 0 Å². The van der Waals surface area contributed by atoms with E-state index in [-0.39, 0.29) is 29.5 Å². The molecule has 2 unspecified atom stereocenters. The van der Waals surface area contributed by atoms with Crippen molar-refractivity contribution in [3.8, 4) is 5.75 Å². The molecule has 4 rings (SSSR count). The van der Waals surface area contributed by atoms with Gasteiger partial charge in [-0.25, -0.2) is 18.4 Å². The predicted octanol–water partition coefficient (Wildman–Crippen LogP) is 7.41. The van der Waals surface area contributed by atoms with Gasteiger partial charge in [0, 0.05) is 26.5 Å². The van der Waals surface area contributed by atoms with Crippen LogP contribution in [-0.4, -0.2) is 31.3 Å². The number of aliphatic hydroxyl groups is 1. The van der Waals surface area contributed by atoms with Crippen molar-refractivity contribution in [1.29, 1.82) is 0 Å². The lowest BCUT2D eigenvalue weighted by Crippen LogP contribution is -2.39. The van der Waals surface area contributed by atoms with Crippen molar-refractivity contribution in [2.75, 3.05) is 6.61 Å². The SMILES string of the molecule is C=C(c1ccc(OCC(O)(Cn2cncn2)c2ccc(F)cc2F)cc1)C(Br)[C@@H](C)c1ccc(Cl)cc1Cl. The molecule has 0 aliphatic carbocycles. The van der Waals surface area contributed by atoms with E-state index in [1.54, 1.807) is 24.3 Å². The summed E-state index contributed by atoms with van der Waals surface area (Å²) < 4.78 is 35.3. The summed E-state index contributed by atoms with van der Waals surface area (Å²) >= 11 is 16.2. The number of hydrogen-bond acceptors (Lipinski definition) is 4. The van der Waals surface area contributed by atoms with E-state index in [2.05, 4.69) is 32.6 Å². The minimum Gasteiger partial charge on any atom is -0.490 e. The maximum absolute atomic E-state index is 14.6. The van der Waals surface area contributed by atoms with Gasteiger partial charge in [0.1, 0.15) is 42.2 Å². The van der Waals surface area contributed by atoms with Crippen LogP contribution in [0.4, 0.5) is 8.78 Å². The van der Waals surface area contributed by atoms with Crippen LogP contribution in [0.3, 0.4) is 0 Å². The lowest BCUT2D eigenvalue weighted by atomic mass is 9.91. The average Bonchev–Trinajstić information content (AvgIpc) is 3.39. The average molecular weight is 623 g/mol. The quantitative estimate of drug-likeness (QED) is 0.187. The zero-order valence-electron chi connectivity index (χ0n) is 20.3. The van der Waals surface area contributed by atoms with Gasteiger partial charge < -0.3 is 9.84 Å². The van der Waals surface area contributed by atoms with E-state index >= 15 is 0 Å². The summed E-state index contributed by atoms with van der Waals surface area (Å²) in [5.41, 5.74) is 0.696. The third kappa shape index (κ3) is 6.43. The zero-order valence-corrected chi connectivity index (χ0v) is 23.4. The summed E-state index contributed by atoms with van der Waals surface area (Å²) in [5.74, 6) is -1.17. The summed E-state index contributed by atoms with van der Waals surface area (Å²) in [6.07, 6.45) is 2.69. The second-order valence-corrected chi connectivity index (χ2v) is 10.8. The van der Waals surface area contributed by atoms with Gasteiger partial charge in [-0.3, -0.25) is 0 Å². The number of hydrogen-bond donors (Lipinski definition) is 1. The Kier molecular flexibility index (Phi) is 8.88. The van der Waals surface area contributed by atoms with Gasteiger partial charge in [-0.15, -0.1) is 0 Å². The van der Waals surface area contributed by atoms with Gasteiger partial charge in [0.05, 0.1) is 6.54 Å². The second-order valence-electron chi connectivity index (χ2n) is 8.94. The smallest absolute Gasteiger partial charge is 0.146 e. The molecule has 0 aliphatic rings. The zero-order chi connectivity index (χ0) is 27.4. The molecule has 1 N–H and O–H groups in total. The Morgan fingerprint density at radius 3 is 2.50 bits per heavy atom. The lowest BCUT2D eigenvalue weighted by molar-refractivity contribution is -0.0297. The molecule has 1 heterocycles. The van der Waals surface area contributed by atoms with E-state index in [1.165, 1.54) is 23.4 Å². The molecular formula is C28H24BrCl2F2N3O2. The van der Waals surface area contributed by atoms with Crippen LogP contribution in [0.15, 0.2) is 79.9 Å². The van der Waals surface area contributed by atoms with Crippen molar-refractivity contribution < 1.29 is 18.6 Å². The highest BCUT2D eigenvalue weighted by atomic mass is 79.9. The van der Waals surface area contributed by atoms with Gasteiger partial charge in [-0.2, -0.15) is 5.10 Å². The lowest BCUT2D eigenvalue weighted by Gasteiger charge is -2.29. The molecule has 0 fully saturated rings. The molecule has 38 heavy (non-hydrogen) atoms. The second kappa shape index (κ2) is 11.9. The number of benzene rings is 3. The number of halogens is 5. The highest BCUT2D eigenvalue weighted by Crippen LogP contribution is 2.38. The molecule has 0 saturated heterocycles. The monoisotopic (exact) mass is 621 g/mol. The first kappa shape index (κ1) is 28.2. The Bertz CT molecular complexity index is 1420. The number of alkyl halides is 1. The van der Waals surface area contributed by atoms with Gasteiger partial charge in [0.25, 0.3) is 0 Å². The van der Waals surface area contributed by atoms with Crippen LogP contribution in [0, 0.1) is 11.6 Å². The van der Waals surface area contributed by atoms with Crippen molar-refractivity contribution in [1.82, 2.24) is 14.8 Å². The number of aromatic nitrogens is 3. The number of allylic oxidation sites excluding steroid dienone is 1. The van der Waals surface area contributed by atoms with Gasteiger partial charge in [0.15, 0.2) is 0 Å². The Hall–Kier alpha value is -2.78. The van der Waals surface area contributed by atoms with Crippen LogP contribution < -0.4 is 4.74 Å². The molecule has 3 aromatic carbocycles. The normalized spacial score (nSPS) is 14.5. The molecule has 0 radical (unpaired) electrons. The fraction of sp³-hybridized carbons (Fsp3) is 0.214. The molecule has 198 valence electrons. The highest BCUT2D eigenvalue weighted by molar-refractivity contribution is 9.09. The summed E-state index contributed by atoms with van der Waals surface area (Å²) in [6, 6.07) is 15.6. The first-order valence-electron chi connectivity index (χ1n) is 11.6. The molecule has 0 bridgehead atoms. The van der Waals surface area contributed by atoms with Crippen molar-refractivity contribution in [3.63, 3.8) is 0 Å². The Morgan fingerprint density at radius 1 is 1.13 bits per heavy atom. The maximum atomic E-state index is 14.6. The molecular weight excluding hydrogens is 599 g/mol. The standard InChI is InChI=1S/C28H24BrCl2F2N3O2/c1-17(27(29)18(2)23-9-5-20(30)11-25(23)31)19-3-7-22(8-4-19)38-14-28(37,13-36-16-34-15-35-36)24-10-6-21(32)12-26(24)33/h3-12,15-16,18,27,37H,1,13-14H2,2H3/t18-,27?,28?/m0/s1. The van der Waals surface area contributed by atoms with Crippen molar-refractivity contribution in [2.45, 2.75) is 29.8 Å². The molecule has 0 saturated carbocycles. The number of ether oxygens (including phenoxy) is 1. The Balaban J connectivity index is 1.48. The minimum absolute atomic E-state index is 0.0144. The summed E-state index contributed by atoms with van der Waals surface area (Å²) in [5, 5.41) is 16.5. The first-order valence-corrected chi connectivity index (χ1v) is 13.3. The third-order valence-electron chi connectivity index (χ3n) is 6.25. The van der Waals surface area contributed by atoms with Crippen LogP contribution in [0.25, 0.3) is 5.57 Å². The molecule has 4 aromatic rings. The van der Waals surface area contributed by atoms with Gasteiger partial charge >= 0.3 is 0 Å². The first-order chi connectivity index (χ1) is 18.1. The molecule has 3 atom stereocenters. The molecule has 1 aromatic heterocycles. The van der Waals surface area contributed by atoms with Crippen LogP contribution in [0.1, 0.15) is 29.5 Å². The van der Waals surface area contributed by atoms with Crippen molar-refractivity contribution >= 4 is 44.7 Å². The minimum atomic E-state index is -1.85. The molecule has 10 heteroatoms. The maximum Gasteiger partial charge on any atom is 0.146 e. The number of nitrogens with zero attached hydrogens (tertiary/aromatic N) is 3. The number of rotatable bonds is 10. The van der Waals surface area contributed by atoms with E-state index in [0.29, 0.717) is 15.8 Å². The summed E-state index contributed by atoms with van der Waals surface area (Å²) in [6.45, 7) is 5.82. The fourth-order valence-electron chi connectivity index (χ4n) is 4.12. The van der Waals surface area contributed by atoms with Crippen LogP contribution in [0.2, 0.25) is 10.0 Å². The van der Waals surface area contributed by atoms with E-state index in [9.17, 15) is 13.9 Å². The molecule has 5 nitrogen and oxygen atoms in total. The van der Waals surface area contributed by atoms with Crippen LogP contribution >= 0.6 is 39.1 Å². The Morgan fingerprint density at radius 2 is 1.87 bits per heavy atom. The van der Waals surface area contributed by atoms with Gasteiger partial charge in [0.2, 0.25) is 0 Å².